The van der Waals surface area contributed by atoms with Crippen molar-refractivity contribution in [1.82, 2.24) is 15.0 Å². The summed E-state index contributed by atoms with van der Waals surface area (Å²) in [5.41, 5.74) is 1.37. The number of carboxylic acids is 1. The summed E-state index contributed by atoms with van der Waals surface area (Å²) in [7, 11) is 0. The first-order valence-corrected chi connectivity index (χ1v) is 6.36. The smallest absolute Gasteiger partial charge is 0.338 e. The number of pyridine rings is 1. The number of imidazole rings is 1. The summed E-state index contributed by atoms with van der Waals surface area (Å²) in [5, 5.41) is 9.13. The van der Waals surface area contributed by atoms with E-state index in [9.17, 15) is 4.79 Å². The topological polar surface area (TPSA) is 78.9 Å². The highest BCUT2D eigenvalue weighted by atomic mass is 16.4. The summed E-state index contributed by atoms with van der Waals surface area (Å²) in [6.45, 7) is 8.71. The number of carboxylic acid groups (broad SMARTS) is 1. The van der Waals surface area contributed by atoms with Gasteiger partial charge in [0.25, 0.3) is 0 Å². The molecule has 0 fully saturated rings. The Morgan fingerprint density at radius 3 is 2.74 bits per heavy atom. The van der Waals surface area contributed by atoms with Crippen LogP contribution >= 0.6 is 0 Å². The third kappa shape index (κ3) is 2.75. The van der Waals surface area contributed by atoms with E-state index >= 15 is 0 Å². The van der Waals surface area contributed by atoms with Gasteiger partial charge in [-0.2, -0.15) is 0 Å². The molecule has 0 aliphatic carbocycles. The monoisotopic (exact) mass is 261 g/mol. The minimum atomic E-state index is -0.966. The van der Waals surface area contributed by atoms with Gasteiger partial charge in [0.05, 0.1) is 11.1 Å². The summed E-state index contributed by atoms with van der Waals surface area (Å²) < 4.78 is 0. The van der Waals surface area contributed by atoms with E-state index in [1.807, 2.05) is 0 Å². The number of carbonyl (C=O) groups is 1. The fourth-order valence-corrected chi connectivity index (χ4v) is 1.83. The lowest BCUT2D eigenvalue weighted by molar-refractivity contribution is 0.0698. The van der Waals surface area contributed by atoms with Gasteiger partial charge < -0.3 is 10.1 Å². The molecule has 0 saturated carbocycles. The molecule has 5 nitrogen and oxygen atoms in total. The maximum Gasteiger partial charge on any atom is 0.338 e. The highest BCUT2D eigenvalue weighted by molar-refractivity contribution is 5.99. The van der Waals surface area contributed by atoms with Crippen LogP contribution in [0.4, 0.5) is 0 Å². The normalized spacial score (nSPS) is 13.7. The number of nitrogens with one attached hydrogen (secondary N) is 1. The molecule has 0 spiro atoms. The molecule has 0 radical (unpaired) electrons. The Hall–Kier alpha value is -1.91. The molecule has 102 valence electrons. The molecule has 0 aliphatic rings. The van der Waals surface area contributed by atoms with E-state index in [1.54, 1.807) is 0 Å². The molecule has 0 aromatic carbocycles. The molecular formula is C14H19N3O2. The predicted molar refractivity (Wildman–Crippen MR) is 73.2 cm³/mol. The minimum absolute atomic E-state index is 0.183. The standard InChI is InChI=1S/C14H19N3O2/c1-8(14(2,3)4)7-10-16-11-9(13(18)19)5-6-15-12(11)17-10/h5-6,8H,7H2,1-4H3,(H,18,19)(H,15,16,17). The van der Waals surface area contributed by atoms with Gasteiger partial charge in [-0.15, -0.1) is 0 Å². The number of hydrogen-bond donors (Lipinski definition) is 2. The Kier molecular flexibility index (Phi) is 3.30. The molecule has 2 rings (SSSR count). The number of aromatic nitrogens is 3. The number of H-pyrrole nitrogens is 1. The number of hydrogen-bond acceptors (Lipinski definition) is 3. The maximum absolute atomic E-state index is 11.1. The Morgan fingerprint density at radius 1 is 1.47 bits per heavy atom. The van der Waals surface area contributed by atoms with Gasteiger partial charge in [0.2, 0.25) is 0 Å². The zero-order chi connectivity index (χ0) is 14.2. The first-order valence-electron chi connectivity index (χ1n) is 6.36. The second-order valence-electron chi connectivity index (χ2n) is 6.02. The van der Waals surface area contributed by atoms with Crippen molar-refractivity contribution >= 4 is 17.1 Å². The lowest BCUT2D eigenvalue weighted by atomic mass is 9.80. The second-order valence-corrected chi connectivity index (χ2v) is 6.02. The summed E-state index contributed by atoms with van der Waals surface area (Å²) >= 11 is 0. The van der Waals surface area contributed by atoms with Crippen LogP contribution in [0.1, 0.15) is 43.9 Å². The second kappa shape index (κ2) is 4.64. The van der Waals surface area contributed by atoms with Crippen molar-refractivity contribution < 1.29 is 9.90 Å². The molecule has 0 amide bonds. The largest absolute Gasteiger partial charge is 0.478 e. The Labute approximate surface area is 112 Å². The Bertz CT molecular complexity index is 611. The number of aromatic carboxylic acids is 1. The van der Waals surface area contributed by atoms with E-state index in [2.05, 4.69) is 42.6 Å². The molecule has 0 saturated heterocycles. The summed E-state index contributed by atoms with van der Waals surface area (Å²) in [6.07, 6.45) is 2.25. The quantitative estimate of drug-likeness (QED) is 0.890. The first kappa shape index (κ1) is 13.5. The van der Waals surface area contributed by atoms with E-state index in [0.717, 1.165) is 12.2 Å². The van der Waals surface area contributed by atoms with E-state index in [1.165, 1.54) is 12.3 Å². The molecule has 2 aromatic heterocycles. The lowest BCUT2D eigenvalue weighted by Crippen LogP contribution is -2.19. The lowest BCUT2D eigenvalue weighted by Gasteiger charge is -2.26. The zero-order valence-electron chi connectivity index (χ0n) is 11.7. The molecular weight excluding hydrogens is 242 g/mol. The van der Waals surface area contributed by atoms with Crippen LogP contribution in [-0.2, 0) is 6.42 Å². The molecule has 19 heavy (non-hydrogen) atoms. The van der Waals surface area contributed by atoms with Gasteiger partial charge in [-0.05, 0) is 17.4 Å². The molecule has 5 heteroatoms. The Morgan fingerprint density at radius 2 is 2.16 bits per heavy atom. The van der Waals surface area contributed by atoms with E-state index in [0.29, 0.717) is 17.1 Å². The van der Waals surface area contributed by atoms with Gasteiger partial charge in [-0.3, -0.25) is 0 Å². The average Bonchev–Trinajstić information content (AvgIpc) is 2.68. The van der Waals surface area contributed by atoms with Crippen molar-refractivity contribution in [2.45, 2.75) is 34.1 Å². The number of fused-ring (bicyclic) bond motifs is 1. The van der Waals surface area contributed by atoms with Crippen LogP contribution < -0.4 is 0 Å². The summed E-state index contributed by atoms with van der Waals surface area (Å²) in [5.74, 6) is 0.256. The Balaban J connectivity index is 2.37. The number of rotatable bonds is 3. The number of nitrogens with zero attached hydrogens (tertiary/aromatic N) is 2. The third-order valence-corrected chi connectivity index (χ3v) is 3.65. The van der Waals surface area contributed by atoms with Gasteiger partial charge in [0.1, 0.15) is 5.82 Å². The molecule has 2 aromatic rings. The fourth-order valence-electron chi connectivity index (χ4n) is 1.83. The molecule has 0 bridgehead atoms. The highest BCUT2D eigenvalue weighted by Gasteiger charge is 2.22. The van der Waals surface area contributed by atoms with Crippen LogP contribution in [0.5, 0.6) is 0 Å². The van der Waals surface area contributed by atoms with E-state index in [-0.39, 0.29) is 11.0 Å². The first-order chi connectivity index (χ1) is 8.79. The average molecular weight is 261 g/mol. The van der Waals surface area contributed by atoms with E-state index < -0.39 is 5.97 Å². The maximum atomic E-state index is 11.1. The number of aromatic amines is 1. The van der Waals surface area contributed by atoms with Crippen LogP contribution in [0.3, 0.4) is 0 Å². The van der Waals surface area contributed by atoms with Crippen molar-refractivity contribution in [3.8, 4) is 0 Å². The van der Waals surface area contributed by atoms with E-state index in [4.69, 9.17) is 5.11 Å². The summed E-state index contributed by atoms with van der Waals surface area (Å²) in [4.78, 5) is 22.7. The summed E-state index contributed by atoms with van der Waals surface area (Å²) in [6, 6.07) is 1.49. The van der Waals surface area contributed by atoms with Crippen LogP contribution in [0.2, 0.25) is 0 Å². The van der Waals surface area contributed by atoms with Gasteiger partial charge in [-0.25, -0.2) is 14.8 Å². The molecule has 1 unspecified atom stereocenters. The van der Waals surface area contributed by atoms with Crippen LogP contribution in [0, 0.1) is 11.3 Å². The molecule has 2 N–H and O–H groups in total. The van der Waals surface area contributed by atoms with Gasteiger partial charge in [-0.1, -0.05) is 27.7 Å². The van der Waals surface area contributed by atoms with Crippen molar-refractivity contribution in [2.75, 3.05) is 0 Å². The minimum Gasteiger partial charge on any atom is -0.478 e. The van der Waals surface area contributed by atoms with Crippen molar-refractivity contribution in [3.63, 3.8) is 0 Å². The van der Waals surface area contributed by atoms with Crippen LogP contribution in [0.25, 0.3) is 11.2 Å². The molecule has 1 atom stereocenters. The van der Waals surface area contributed by atoms with Crippen LogP contribution in [0.15, 0.2) is 12.3 Å². The third-order valence-electron chi connectivity index (χ3n) is 3.65. The van der Waals surface area contributed by atoms with Gasteiger partial charge in [0.15, 0.2) is 5.65 Å². The zero-order valence-corrected chi connectivity index (χ0v) is 11.7. The predicted octanol–water partition coefficient (Wildman–Crippen LogP) is 2.88. The van der Waals surface area contributed by atoms with Gasteiger partial charge >= 0.3 is 5.97 Å². The van der Waals surface area contributed by atoms with Crippen molar-refractivity contribution in [2.24, 2.45) is 11.3 Å². The SMILES string of the molecule is CC(Cc1nc2nccc(C(=O)O)c2[nH]1)C(C)(C)C. The molecule has 0 aliphatic heterocycles. The van der Waals surface area contributed by atoms with Crippen molar-refractivity contribution in [1.29, 1.82) is 0 Å². The van der Waals surface area contributed by atoms with Gasteiger partial charge in [0, 0.05) is 12.6 Å². The van der Waals surface area contributed by atoms with Crippen molar-refractivity contribution in [3.05, 3.63) is 23.7 Å². The fraction of sp³-hybridized carbons (Fsp3) is 0.500. The molecule has 2 heterocycles. The van der Waals surface area contributed by atoms with Crippen LogP contribution in [-0.4, -0.2) is 26.0 Å². The highest BCUT2D eigenvalue weighted by Crippen LogP contribution is 2.28.